The maximum atomic E-state index is 12.4. The smallest absolute Gasteiger partial charge is 0.247 e. The number of hydrogen-bond acceptors (Lipinski definition) is 4. The van der Waals surface area contributed by atoms with E-state index in [9.17, 15) is 9.59 Å². The Balaban J connectivity index is 1.93. The van der Waals surface area contributed by atoms with E-state index in [0.29, 0.717) is 6.42 Å². The van der Waals surface area contributed by atoms with Crippen molar-refractivity contribution in [3.8, 4) is 0 Å². The van der Waals surface area contributed by atoms with Gasteiger partial charge in [-0.15, -0.1) is 0 Å². The number of imide groups is 1. The Bertz CT molecular complexity index is 340. The van der Waals surface area contributed by atoms with Crippen molar-refractivity contribution in [3.05, 3.63) is 0 Å². The van der Waals surface area contributed by atoms with Crippen molar-refractivity contribution < 1.29 is 9.59 Å². The van der Waals surface area contributed by atoms with Gasteiger partial charge in [0.2, 0.25) is 11.8 Å². The summed E-state index contributed by atoms with van der Waals surface area (Å²) in [5, 5.41) is 3.10. The normalized spacial score (nSPS) is 25.0. The lowest BCUT2D eigenvalue weighted by atomic mass is 10.2. The third-order valence-corrected chi connectivity index (χ3v) is 4.32. The van der Waals surface area contributed by atoms with Crippen molar-refractivity contribution in [2.75, 3.05) is 27.2 Å². The van der Waals surface area contributed by atoms with Crippen LogP contribution in [0.1, 0.15) is 38.5 Å². The number of rotatable bonds is 6. The second-order valence-electron chi connectivity index (χ2n) is 5.70. The number of likely N-dealkylation sites (tertiary alicyclic amines) is 1. The van der Waals surface area contributed by atoms with Crippen LogP contribution < -0.4 is 5.32 Å². The SMILES string of the molecule is CNCCCN(C)C1CC(=O)N(C2CCCC2)C1=O. The molecule has 5 heteroatoms. The van der Waals surface area contributed by atoms with E-state index in [1.807, 2.05) is 19.0 Å². The molecule has 5 nitrogen and oxygen atoms in total. The topological polar surface area (TPSA) is 52.7 Å². The van der Waals surface area contributed by atoms with Gasteiger partial charge in [0.05, 0.1) is 12.5 Å². The molecule has 0 aromatic rings. The fraction of sp³-hybridized carbons (Fsp3) is 0.857. The molecule has 1 atom stereocenters. The van der Waals surface area contributed by atoms with Crippen molar-refractivity contribution in [1.29, 1.82) is 0 Å². The van der Waals surface area contributed by atoms with Crippen LogP contribution in [0.15, 0.2) is 0 Å². The quantitative estimate of drug-likeness (QED) is 0.565. The Morgan fingerprint density at radius 2 is 2.00 bits per heavy atom. The molecule has 1 unspecified atom stereocenters. The van der Waals surface area contributed by atoms with Gasteiger partial charge in [-0.3, -0.25) is 19.4 Å². The lowest BCUT2D eigenvalue weighted by Gasteiger charge is -2.25. The minimum atomic E-state index is -0.232. The highest BCUT2D eigenvalue weighted by Crippen LogP contribution is 2.29. The van der Waals surface area contributed by atoms with Gasteiger partial charge >= 0.3 is 0 Å². The number of likely N-dealkylation sites (N-methyl/N-ethyl adjacent to an activating group) is 1. The molecule has 2 fully saturated rings. The van der Waals surface area contributed by atoms with Gasteiger partial charge in [-0.05, 0) is 46.4 Å². The molecule has 2 aliphatic rings. The third-order valence-electron chi connectivity index (χ3n) is 4.32. The fourth-order valence-corrected chi connectivity index (χ4v) is 3.19. The Kier molecular flexibility index (Phi) is 4.93. The lowest BCUT2D eigenvalue weighted by Crippen LogP contribution is -2.44. The first-order chi connectivity index (χ1) is 9.15. The first-order valence-corrected chi connectivity index (χ1v) is 7.36. The molecule has 1 N–H and O–H groups in total. The number of nitrogens with zero attached hydrogens (tertiary/aromatic N) is 2. The Hall–Kier alpha value is -0.940. The van der Waals surface area contributed by atoms with Crippen molar-refractivity contribution >= 4 is 11.8 Å². The Labute approximate surface area is 115 Å². The summed E-state index contributed by atoms with van der Waals surface area (Å²) >= 11 is 0. The Morgan fingerprint density at radius 3 is 2.63 bits per heavy atom. The number of amides is 2. The molecule has 19 heavy (non-hydrogen) atoms. The van der Waals surface area contributed by atoms with Crippen LogP contribution in [0, 0.1) is 0 Å². The van der Waals surface area contributed by atoms with E-state index in [1.165, 1.54) is 0 Å². The van der Waals surface area contributed by atoms with Crippen LogP contribution in [0.5, 0.6) is 0 Å². The zero-order chi connectivity index (χ0) is 13.8. The van der Waals surface area contributed by atoms with Crippen LogP contribution in [0.4, 0.5) is 0 Å². The predicted molar refractivity (Wildman–Crippen MR) is 73.7 cm³/mol. The molecular formula is C14H25N3O2. The van der Waals surface area contributed by atoms with E-state index in [0.717, 1.165) is 45.2 Å². The molecule has 0 aromatic carbocycles. The molecule has 1 aliphatic carbocycles. The molecule has 2 rings (SSSR count). The van der Waals surface area contributed by atoms with Crippen LogP contribution in [-0.2, 0) is 9.59 Å². The molecule has 0 spiro atoms. The Morgan fingerprint density at radius 1 is 1.32 bits per heavy atom. The van der Waals surface area contributed by atoms with Gasteiger partial charge in [0.15, 0.2) is 0 Å². The number of hydrogen-bond donors (Lipinski definition) is 1. The van der Waals surface area contributed by atoms with E-state index in [4.69, 9.17) is 0 Å². The lowest BCUT2D eigenvalue weighted by molar-refractivity contribution is -0.142. The van der Waals surface area contributed by atoms with Crippen LogP contribution in [0.3, 0.4) is 0 Å². The highest BCUT2D eigenvalue weighted by molar-refractivity contribution is 6.05. The van der Waals surface area contributed by atoms with Crippen molar-refractivity contribution in [2.24, 2.45) is 0 Å². The second-order valence-corrected chi connectivity index (χ2v) is 5.70. The van der Waals surface area contributed by atoms with Gasteiger partial charge in [-0.1, -0.05) is 12.8 Å². The number of nitrogens with one attached hydrogen (secondary N) is 1. The average molecular weight is 267 g/mol. The van der Waals surface area contributed by atoms with Crippen molar-refractivity contribution in [2.45, 2.75) is 50.6 Å². The summed E-state index contributed by atoms with van der Waals surface area (Å²) < 4.78 is 0. The minimum Gasteiger partial charge on any atom is -0.320 e. The molecule has 1 saturated carbocycles. The number of carbonyl (C=O) groups excluding carboxylic acids is 2. The molecule has 2 amide bonds. The molecule has 1 heterocycles. The first-order valence-electron chi connectivity index (χ1n) is 7.36. The van der Waals surface area contributed by atoms with Gasteiger partial charge in [-0.2, -0.15) is 0 Å². The standard InChI is InChI=1S/C14H25N3O2/c1-15-8-5-9-16(2)12-10-13(18)17(14(12)19)11-6-3-4-7-11/h11-12,15H,3-10H2,1-2H3. The second kappa shape index (κ2) is 6.48. The van der Waals surface area contributed by atoms with Crippen molar-refractivity contribution in [3.63, 3.8) is 0 Å². The van der Waals surface area contributed by atoms with E-state index in [2.05, 4.69) is 5.32 Å². The highest BCUT2D eigenvalue weighted by atomic mass is 16.2. The minimum absolute atomic E-state index is 0.0300. The van der Waals surface area contributed by atoms with E-state index < -0.39 is 0 Å². The van der Waals surface area contributed by atoms with Gasteiger partial charge < -0.3 is 5.32 Å². The molecular weight excluding hydrogens is 242 g/mol. The average Bonchev–Trinajstić information content (AvgIpc) is 2.98. The summed E-state index contributed by atoms with van der Waals surface area (Å²) in [5.41, 5.74) is 0. The summed E-state index contributed by atoms with van der Waals surface area (Å²) in [6.45, 7) is 1.79. The van der Waals surface area contributed by atoms with E-state index >= 15 is 0 Å². The van der Waals surface area contributed by atoms with Gasteiger partial charge in [0.25, 0.3) is 0 Å². The van der Waals surface area contributed by atoms with Crippen LogP contribution >= 0.6 is 0 Å². The summed E-state index contributed by atoms with van der Waals surface area (Å²) in [6.07, 6.45) is 5.63. The monoisotopic (exact) mass is 267 g/mol. The van der Waals surface area contributed by atoms with E-state index in [1.54, 1.807) is 4.90 Å². The largest absolute Gasteiger partial charge is 0.320 e. The van der Waals surface area contributed by atoms with E-state index in [-0.39, 0.29) is 23.9 Å². The number of carbonyl (C=O) groups is 2. The zero-order valence-electron chi connectivity index (χ0n) is 12.0. The predicted octanol–water partition coefficient (Wildman–Crippen LogP) is 0.598. The van der Waals surface area contributed by atoms with Crippen molar-refractivity contribution in [1.82, 2.24) is 15.1 Å². The summed E-state index contributed by atoms with van der Waals surface area (Å²) in [5.74, 6) is 0.0613. The summed E-state index contributed by atoms with van der Waals surface area (Å²) in [6, 6.07) is -0.0549. The molecule has 1 saturated heterocycles. The van der Waals surface area contributed by atoms with Gasteiger partial charge in [0.1, 0.15) is 0 Å². The van der Waals surface area contributed by atoms with Crippen LogP contribution in [0.2, 0.25) is 0 Å². The third kappa shape index (κ3) is 3.15. The first kappa shape index (κ1) is 14.5. The summed E-state index contributed by atoms with van der Waals surface area (Å²) in [7, 11) is 3.87. The molecule has 1 aliphatic heterocycles. The maximum Gasteiger partial charge on any atom is 0.247 e. The molecule has 0 bridgehead atoms. The van der Waals surface area contributed by atoms with Crippen LogP contribution in [0.25, 0.3) is 0 Å². The molecule has 0 radical (unpaired) electrons. The van der Waals surface area contributed by atoms with Gasteiger partial charge in [0, 0.05) is 6.04 Å². The van der Waals surface area contributed by atoms with Gasteiger partial charge in [-0.25, -0.2) is 0 Å². The molecule has 0 aromatic heterocycles. The maximum absolute atomic E-state index is 12.4. The fourth-order valence-electron chi connectivity index (χ4n) is 3.19. The zero-order valence-corrected chi connectivity index (χ0v) is 12.0. The highest BCUT2D eigenvalue weighted by Gasteiger charge is 2.44. The van der Waals surface area contributed by atoms with Crippen LogP contribution in [-0.4, -0.2) is 60.9 Å². The summed E-state index contributed by atoms with van der Waals surface area (Å²) in [4.78, 5) is 28.1. The molecule has 108 valence electrons.